The Morgan fingerprint density at radius 2 is 1.69 bits per heavy atom. The van der Waals surface area contributed by atoms with Crippen molar-refractivity contribution in [2.45, 2.75) is 25.7 Å². The highest BCUT2D eigenvalue weighted by atomic mass is 19.4. The summed E-state index contributed by atoms with van der Waals surface area (Å²) >= 11 is 0. The predicted molar refractivity (Wildman–Crippen MR) is 109 cm³/mol. The zero-order chi connectivity index (χ0) is 23.3. The molecule has 32 heavy (non-hydrogen) atoms. The Kier molecular flexibility index (Phi) is 6.72. The molecule has 7 nitrogen and oxygen atoms in total. The van der Waals surface area contributed by atoms with E-state index in [1.807, 2.05) is 6.07 Å². The van der Waals surface area contributed by atoms with Gasteiger partial charge < -0.3 is 10.1 Å². The summed E-state index contributed by atoms with van der Waals surface area (Å²) in [5, 5.41) is 6.36. The second-order valence-electron chi connectivity index (χ2n) is 6.81. The monoisotopic (exact) mass is 445 g/mol. The summed E-state index contributed by atoms with van der Waals surface area (Å²) in [6.45, 7) is 1.45. The van der Waals surface area contributed by atoms with Crippen molar-refractivity contribution >= 4 is 17.6 Å². The zero-order valence-electron chi connectivity index (χ0n) is 16.8. The van der Waals surface area contributed by atoms with Crippen molar-refractivity contribution in [2.75, 3.05) is 5.32 Å². The molecular weight excluding hydrogens is 427 g/mol. The molecule has 0 spiro atoms. The maximum atomic E-state index is 12.6. The molecule has 0 fully saturated rings. The van der Waals surface area contributed by atoms with Crippen LogP contribution in [0.2, 0.25) is 0 Å². The van der Waals surface area contributed by atoms with Crippen LogP contribution in [0.15, 0.2) is 71.5 Å². The normalized spacial score (nSPS) is 12.1. The van der Waals surface area contributed by atoms with Gasteiger partial charge in [0, 0.05) is 11.8 Å². The van der Waals surface area contributed by atoms with Gasteiger partial charge >= 0.3 is 12.1 Å². The average Bonchev–Trinajstić information content (AvgIpc) is 2.75. The first-order chi connectivity index (χ1) is 15.1. The van der Waals surface area contributed by atoms with Gasteiger partial charge in [-0.2, -0.15) is 18.3 Å². The Hall–Kier alpha value is -3.95. The molecule has 1 heterocycles. The second-order valence-corrected chi connectivity index (χ2v) is 6.81. The van der Waals surface area contributed by atoms with E-state index in [-0.39, 0.29) is 17.9 Å². The summed E-state index contributed by atoms with van der Waals surface area (Å²) in [5.74, 6) is -1.67. The van der Waals surface area contributed by atoms with Gasteiger partial charge in [-0.15, -0.1) is 0 Å². The van der Waals surface area contributed by atoms with Crippen molar-refractivity contribution in [3.05, 3.63) is 93.9 Å². The Morgan fingerprint density at radius 3 is 2.31 bits per heavy atom. The van der Waals surface area contributed by atoms with E-state index >= 15 is 0 Å². The number of halogens is 3. The minimum Gasteiger partial charge on any atom is -0.448 e. The van der Waals surface area contributed by atoms with Crippen molar-refractivity contribution in [1.29, 1.82) is 0 Å². The quantitative estimate of drug-likeness (QED) is 0.587. The third-order valence-electron chi connectivity index (χ3n) is 4.38. The molecule has 1 N–H and O–H groups in total. The van der Waals surface area contributed by atoms with Crippen LogP contribution in [0.25, 0.3) is 0 Å². The van der Waals surface area contributed by atoms with Crippen LogP contribution in [-0.2, 0) is 22.3 Å². The first-order valence-electron chi connectivity index (χ1n) is 9.44. The number of carbonyl (C=O) groups is 2. The molecule has 10 heteroatoms. The van der Waals surface area contributed by atoms with Gasteiger partial charge in [0.15, 0.2) is 11.8 Å². The van der Waals surface area contributed by atoms with Crippen LogP contribution >= 0.6 is 0 Å². The van der Waals surface area contributed by atoms with E-state index in [1.54, 1.807) is 24.3 Å². The Labute approximate surface area is 180 Å². The van der Waals surface area contributed by atoms with E-state index in [9.17, 15) is 27.6 Å². The minimum absolute atomic E-state index is 0.112. The van der Waals surface area contributed by atoms with Gasteiger partial charge in [0.25, 0.3) is 11.5 Å². The molecule has 0 aliphatic heterocycles. The van der Waals surface area contributed by atoms with Gasteiger partial charge in [0.1, 0.15) is 0 Å². The molecule has 3 rings (SSSR count). The first kappa shape index (κ1) is 22.7. The van der Waals surface area contributed by atoms with Crippen LogP contribution in [0.1, 0.15) is 28.5 Å². The van der Waals surface area contributed by atoms with Gasteiger partial charge in [-0.25, -0.2) is 9.48 Å². The van der Waals surface area contributed by atoms with E-state index in [1.165, 1.54) is 19.1 Å². The summed E-state index contributed by atoms with van der Waals surface area (Å²) in [5.41, 5.74) is -0.530. The van der Waals surface area contributed by atoms with Crippen LogP contribution in [0.3, 0.4) is 0 Å². The van der Waals surface area contributed by atoms with Crippen LogP contribution < -0.4 is 10.9 Å². The molecule has 3 aromatic rings. The maximum absolute atomic E-state index is 12.6. The summed E-state index contributed by atoms with van der Waals surface area (Å²) in [6, 6.07) is 15.2. The Bertz CT molecular complexity index is 1160. The highest BCUT2D eigenvalue weighted by Crippen LogP contribution is 2.29. The lowest BCUT2D eigenvalue weighted by Crippen LogP contribution is -2.31. The van der Waals surface area contributed by atoms with Crippen molar-refractivity contribution < 1.29 is 27.5 Å². The number of amides is 1. The lowest BCUT2D eigenvalue weighted by molar-refractivity contribution is -0.137. The number of benzene rings is 2. The number of alkyl halides is 3. The number of aromatic nitrogens is 2. The van der Waals surface area contributed by atoms with Crippen LogP contribution in [0.5, 0.6) is 0 Å². The van der Waals surface area contributed by atoms with Crippen molar-refractivity contribution in [3.63, 3.8) is 0 Å². The molecule has 0 bridgehead atoms. The van der Waals surface area contributed by atoms with Crippen molar-refractivity contribution in [1.82, 2.24) is 9.78 Å². The van der Waals surface area contributed by atoms with E-state index in [0.717, 1.165) is 34.5 Å². The number of hydrogen-bond donors (Lipinski definition) is 1. The third-order valence-corrected chi connectivity index (χ3v) is 4.38. The first-order valence-corrected chi connectivity index (χ1v) is 9.44. The molecule has 0 saturated heterocycles. The summed E-state index contributed by atoms with van der Waals surface area (Å²) in [6.07, 6.45) is -5.75. The fraction of sp³-hybridized carbons (Fsp3) is 0.182. The van der Waals surface area contributed by atoms with E-state index in [0.29, 0.717) is 0 Å². The fourth-order valence-corrected chi connectivity index (χ4v) is 2.69. The zero-order valence-corrected chi connectivity index (χ0v) is 16.8. The molecule has 166 valence electrons. The third kappa shape index (κ3) is 5.81. The lowest BCUT2D eigenvalue weighted by Gasteiger charge is -2.14. The molecule has 1 amide bonds. The molecule has 1 unspecified atom stereocenters. The number of ether oxygens (including phenoxy) is 1. The Morgan fingerprint density at radius 1 is 1.03 bits per heavy atom. The fourth-order valence-electron chi connectivity index (χ4n) is 2.69. The molecule has 0 aliphatic rings. The number of anilines is 1. The molecular formula is C22H18F3N3O4. The summed E-state index contributed by atoms with van der Waals surface area (Å²) < 4.78 is 44.0. The second kappa shape index (κ2) is 9.46. The topological polar surface area (TPSA) is 90.3 Å². The van der Waals surface area contributed by atoms with Gasteiger partial charge in [0.05, 0.1) is 12.1 Å². The number of esters is 1. The molecule has 0 radical (unpaired) electrons. The number of nitrogens with zero attached hydrogens (tertiary/aromatic N) is 2. The van der Waals surface area contributed by atoms with Gasteiger partial charge in [-0.05, 0) is 42.8 Å². The van der Waals surface area contributed by atoms with Gasteiger partial charge in [0.2, 0.25) is 0 Å². The van der Waals surface area contributed by atoms with Crippen LogP contribution in [0.4, 0.5) is 18.9 Å². The SMILES string of the molecule is CC(OC(=O)c1ccc(=O)n(Cc2ccccc2)n1)C(=O)Nc1ccc(C(F)(F)F)cc1. The van der Waals surface area contributed by atoms with Crippen LogP contribution in [0, 0.1) is 0 Å². The number of rotatable bonds is 6. The smallest absolute Gasteiger partial charge is 0.416 e. The van der Waals surface area contributed by atoms with Crippen LogP contribution in [-0.4, -0.2) is 27.8 Å². The molecule has 1 atom stereocenters. The average molecular weight is 445 g/mol. The standard InChI is InChI=1S/C22H18F3N3O4/c1-14(20(30)26-17-9-7-16(8-10-17)22(23,24)25)32-21(31)18-11-12-19(29)28(27-18)13-15-5-3-2-4-6-15/h2-12,14H,13H2,1H3,(H,26,30). The minimum atomic E-state index is -4.49. The van der Waals surface area contributed by atoms with E-state index in [4.69, 9.17) is 4.74 Å². The lowest BCUT2D eigenvalue weighted by atomic mass is 10.2. The highest BCUT2D eigenvalue weighted by Gasteiger charge is 2.30. The molecule has 1 aromatic heterocycles. The van der Waals surface area contributed by atoms with Gasteiger partial charge in [-0.3, -0.25) is 9.59 Å². The van der Waals surface area contributed by atoms with Gasteiger partial charge in [-0.1, -0.05) is 30.3 Å². The Balaban J connectivity index is 1.64. The summed E-state index contributed by atoms with van der Waals surface area (Å²) in [7, 11) is 0. The van der Waals surface area contributed by atoms with E-state index < -0.39 is 35.3 Å². The highest BCUT2D eigenvalue weighted by molar-refractivity contribution is 5.96. The molecule has 2 aromatic carbocycles. The summed E-state index contributed by atoms with van der Waals surface area (Å²) in [4.78, 5) is 36.6. The number of hydrogen-bond acceptors (Lipinski definition) is 5. The largest absolute Gasteiger partial charge is 0.448 e. The number of carbonyl (C=O) groups excluding carboxylic acids is 2. The van der Waals surface area contributed by atoms with Crippen molar-refractivity contribution in [3.8, 4) is 0 Å². The van der Waals surface area contributed by atoms with E-state index in [2.05, 4.69) is 10.4 Å². The molecule has 0 saturated carbocycles. The van der Waals surface area contributed by atoms with Crippen molar-refractivity contribution in [2.24, 2.45) is 0 Å². The molecule has 0 aliphatic carbocycles. The predicted octanol–water partition coefficient (Wildman–Crippen LogP) is 3.49. The number of nitrogens with one attached hydrogen (secondary N) is 1. The maximum Gasteiger partial charge on any atom is 0.416 e.